The van der Waals surface area contributed by atoms with Crippen molar-refractivity contribution < 1.29 is 4.74 Å². The van der Waals surface area contributed by atoms with Crippen molar-refractivity contribution in [2.45, 2.75) is 148 Å². The van der Waals surface area contributed by atoms with Gasteiger partial charge in [-0.3, -0.25) is 0 Å². The zero-order chi connectivity index (χ0) is 19.1. The molecule has 0 saturated carbocycles. The summed E-state index contributed by atoms with van der Waals surface area (Å²) in [6.07, 6.45) is 22.1. The van der Waals surface area contributed by atoms with E-state index >= 15 is 0 Å². The second-order valence-electron chi connectivity index (χ2n) is 9.03. The first-order chi connectivity index (χ1) is 12.7. The molecule has 0 bridgehead atoms. The first kappa shape index (κ1) is 24.8. The van der Waals surface area contributed by atoms with E-state index in [0.717, 1.165) is 4.12 Å². The molecule has 2 atom stereocenters. The second kappa shape index (κ2) is 15.7. The Hall–Kier alpha value is 0.759. The molecule has 1 saturated heterocycles. The average Bonchev–Trinajstić information content (AvgIpc) is 3.44. The molecule has 26 heavy (non-hydrogen) atoms. The first-order valence-electron chi connectivity index (χ1n) is 12.4. The minimum absolute atomic E-state index is 0.691. The molecule has 1 aliphatic heterocycles. The Bertz CT molecular complexity index is 296. The van der Waals surface area contributed by atoms with Gasteiger partial charge in [0.25, 0.3) is 0 Å². The van der Waals surface area contributed by atoms with E-state index in [1.807, 2.05) is 0 Å². The molecule has 156 valence electrons. The average molecular weight is 473 g/mol. The van der Waals surface area contributed by atoms with Crippen LogP contribution in [0, 0.1) is 0 Å². The van der Waals surface area contributed by atoms with Crippen molar-refractivity contribution in [3.05, 3.63) is 0 Å². The van der Waals surface area contributed by atoms with E-state index in [2.05, 4.69) is 27.7 Å². The summed E-state index contributed by atoms with van der Waals surface area (Å²) in [5.74, 6) is 0. The molecule has 0 aromatic rings. The predicted molar refractivity (Wildman–Crippen MR) is 121 cm³/mol. The van der Waals surface area contributed by atoms with E-state index in [1.165, 1.54) is 96.3 Å². The van der Waals surface area contributed by atoms with Gasteiger partial charge in [-0.25, -0.2) is 0 Å². The fourth-order valence-corrected chi connectivity index (χ4v) is 22.5. The molecule has 0 aromatic carbocycles. The van der Waals surface area contributed by atoms with Crippen LogP contribution in [0.15, 0.2) is 0 Å². The topological polar surface area (TPSA) is 12.5 Å². The van der Waals surface area contributed by atoms with Gasteiger partial charge >= 0.3 is 171 Å². The van der Waals surface area contributed by atoms with Gasteiger partial charge in [-0.2, -0.15) is 0 Å². The van der Waals surface area contributed by atoms with Crippen LogP contribution in [0.5, 0.6) is 0 Å². The molecule has 1 fully saturated rings. The number of unbranched alkanes of at least 4 members (excludes halogenated alkanes) is 10. The third-order valence-corrected chi connectivity index (χ3v) is 23.1. The van der Waals surface area contributed by atoms with Crippen molar-refractivity contribution in [1.29, 1.82) is 0 Å². The zero-order valence-electron chi connectivity index (χ0n) is 18.8. The van der Waals surface area contributed by atoms with Gasteiger partial charge in [0.15, 0.2) is 0 Å². The monoisotopic (exact) mass is 474 g/mol. The molecule has 0 radical (unpaired) electrons. The van der Waals surface area contributed by atoms with Gasteiger partial charge < -0.3 is 0 Å². The van der Waals surface area contributed by atoms with Crippen molar-refractivity contribution >= 4 is 18.4 Å². The standard InChI is InChI=1S/C12H23O.3C4H9.Sn/c1-2-3-4-5-6-7-8-9-10-12-11-13-12;3*1-3-4-2;/h11-12H,2-10H2,1H3;3*1,3-4H2,2H3;/t12-;;;;/m0..../s1. The van der Waals surface area contributed by atoms with Gasteiger partial charge in [-0.05, 0) is 0 Å². The van der Waals surface area contributed by atoms with Crippen LogP contribution in [0.3, 0.4) is 0 Å². The summed E-state index contributed by atoms with van der Waals surface area (Å²) in [6, 6.07) is 0. The predicted octanol–water partition coefficient (Wildman–Crippen LogP) is 8.67. The summed E-state index contributed by atoms with van der Waals surface area (Å²) in [7, 11) is 0. The Labute approximate surface area is 170 Å². The van der Waals surface area contributed by atoms with Crippen molar-refractivity contribution in [2.75, 3.05) is 0 Å². The number of epoxide rings is 1. The van der Waals surface area contributed by atoms with Gasteiger partial charge in [0.1, 0.15) is 0 Å². The normalized spacial score (nSPS) is 19.8. The third kappa shape index (κ3) is 9.80. The summed E-state index contributed by atoms with van der Waals surface area (Å²) in [5.41, 5.74) is 0. The van der Waals surface area contributed by atoms with E-state index in [1.54, 1.807) is 13.3 Å². The number of hydrogen-bond acceptors (Lipinski definition) is 1. The summed E-state index contributed by atoms with van der Waals surface area (Å²) < 4.78 is 12.1. The Morgan fingerprint density at radius 2 is 0.962 bits per heavy atom. The van der Waals surface area contributed by atoms with Crippen molar-refractivity contribution in [3.63, 3.8) is 0 Å². The van der Waals surface area contributed by atoms with E-state index in [0.29, 0.717) is 6.10 Å². The molecule has 1 aliphatic rings. The van der Waals surface area contributed by atoms with Gasteiger partial charge in [0.2, 0.25) is 0 Å². The Morgan fingerprint density at radius 3 is 1.42 bits per heavy atom. The van der Waals surface area contributed by atoms with Crippen LogP contribution in [0.25, 0.3) is 0 Å². The van der Waals surface area contributed by atoms with Gasteiger partial charge in [-0.15, -0.1) is 0 Å². The fourth-order valence-electron chi connectivity index (χ4n) is 4.77. The van der Waals surface area contributed by atoms with Crippen LogP contribution >= 0.6 is 0 Å². The number of rotatable bonds is 19. The number of hydrogen-bond donors (Lipinski definition) is 0. The molecule has 0 spiro atoms. The molecular formula is C24H50OSn. The molecule has 1 rings (SSSR count). The van der Waals surface area contributed by atoms with Crippen LogP contribution in [-0.2, 0) is 4.74 Å². The zero-order valence-corrected chi connectivity index (χ0v) is 21.6. The minimum atomic E-state index is -2.07. The van der Waals surface area contributed by atoms with Crippen LogP contribution < -0.4 is 0 Å². The molecule has 0 amide bonds. The van der Waals surface area contributed by atoms with E-state index < -0.39 is 18.4 Å². The fraction of sp³-hybridized carbons (Fsp3) is 1.00. The van der Waals surface area contributed by atoms with Crippen molar-refractivity contribution in [1.82, 2.24) is 0 Å². The summed E-state index contributed by atoms with van der Waals surface area (Å²) in [5, 5.41) is 0. The van der Waals surface area contributed by atoms with Crippen LogP contribution in [0.2, 0.25) is 13.3 Å². The molecular weight excluding hydrogens is 423 g/mol. The summed E-state index contributed by atoms with van der Waals surface area (Å²) >= 11 is -2.07. The second-order valence-corrected chi connectivity index (χ2v) is 22.7. The molecule has 0 unspecified atom stereocenters. The summed E-state index contributed by atoms with van der Waals surface area (Å²) in [6.45, 7) is 9.44. The van der Waals surface area contributed by atoms with Crippen LogP contribution in [-0.4, -0.2) is 28.6 Å². The number of ether oxygens (including phenoxy) is 1. The third-order valence-electron chi connectivity index (χ3n) is 6.61. The van der Waals surface area contributed by atoms with Gasteiger partial charge in [-0.1, -0.05) is 0 Å². The van der Waals surface area contributed by atoms with Crippen molar-refractivity contribution in [3.8, 4) is 0 Å². The molecule has 0 aromatic heterocycles. The molecule has 0 aliphatic carbocycles. The van der Waals surface area contributed by atoms with Gasteiger partial charge in [0.05, 0.1) is 0 Å². The maximum atomic E-state index is 6.43. The molecule has 1 nitrogen and oxygen atoms in total. The maximum absolute atomic E-state index is 6.43. The quantitative estimate of drug-likeness (QED) is 0.104. The Balaban J connectivity index is 2.34. The molecule has 0 N–H and O–H groups in total. The summed E-state index contributed by atoms with van der Waals surface area (Å²) in [4.78, 5) is 0. The first-order valence-corrected chi connectivity index (χ1v) is 20.1. The van der Waals surface area contributed by atoms with Crippen LogP contribution in [0.4, 0.5) is 0 Å². The molecule has 2 heteroatoms. The Kier molecular flexibility index (Phi) is 14.9. The Morgan fingerprint density at radius 1 is 0.538 bits per heavy atom. The van der Waals surface area contributed by atoms with Gasteiger partial charge in [0, 0.05) is 0 Å². The van der Waals surface area contributed by atoms with Crippen LogP contribution in [0.1, 0.15) is 124 Å². The van der Waals surface area contributed by atoms with E-state index in [9.17, 15) is 0 Å². The van der Waals surface area contributed by atoms with E-state index in [-0.39, 0.29) is 0 Å². The van der Waals surface area contributed by atoms with E-state index in [4.69, 9.17) is 4.74 Å². The molecule has 1 heterocycles. The SMILES string of the molecule is CCCCCCCCCC[C@@H]1O[C@H]1[Sn]([CH2]CCC)([CH2]CCC)[CH2]CCC. The van der Waals surface area contributed by atoms with Crippen molar-refractivity contribution in [2.24, 2.45) is 0 Å².